The van der Waals surface area contributed by atoms with Crippen LogP contribution in [-0.4, -0.2) is 36.2 Å². The maximum absolute atomic E-state index is 6.17. The molecular weight excluding hydrogens is 1170 g/mol. The summed E-state index contributed by atoms with van der Waals surface area (Å²) in [4.78, 5) is 0. The largest absolute Gasteiger partial charge is 0.279 e. The van der Waals surface area contributed by atoms with E-state index in [2.05, 4.69) is 246 Å². The van der Waals surface area contributed by atoms with Crippen molar-refractivity contribution in [3.63, 3.8) is 0 Å². The van der Waals surface area contributed by atoms with E-state index in [0.717, 1.165) is 33.4 Å². The zero-order valence-electron chi connectivity index (χ0n) is 58.4. The van der Waals surface area contributed by atoms with Gasteiger partial charge in [0.05, 0.1) is 11.4 Å². The minimum atomic E-state index is -0.138. The van der Waals surface area contributed by atoms with Crippen molar-refractivity contribution in [2.24, 2.45) is 20.7 Å². The fourth-order valence-corrected chi connectivity index (χ4v) is 9.45. The summed E-state index contributed by atoms with van der Waals surface area (Å²) in [5, 5.41) is 21.7. The van der Waals surface area contributed by atoms with Gasteiger partial charge in [0.1, 0.15) is 0 Å². The summed E-state index contributed by atoms with van der Waals surface area (Å²) in [6, 6.07) is 39.2. The van der Waals surface area contributed by atoms with Crippen molar-refractivity contribution in [1.29, 1.82) is 0 Å². The van der Waals surface area contributed by atoms with Gasteiger partial charge in [0.2, 0.25) is 0 Å². The molecule has 7 aromatic carbocycles. The summed E-state index contributed by atoms with van der Waals surface area (Å²) in [6.45, 7) is 36.8. The van der Waals surface area contributed by atoms with E-state index >= 15 is 0 Å². The molecule has 0 atom stereocenters. The molecule has 0 aliphatic rings. The molecule has 0 aliphatic heterocycles. The Morgan fingerprint density at radius 1 is 0.260 bits per heavy atom. The van der Waals surface area contributed by atoms with E-state index in [1.165, 1.54) is 0 Å². The zero-order chi connectivity index (χ0) is 69.8. The molecule has 0 fully saturated rings. The Hall–Kier alpha value is -11.9. The second kappa shape index (κ2) is 32.1. The van der Waals surface area contributed by atoms with E-state index < -0.39 is 0 Å². The van der Waals surface area contributed by atoms with Crippen LogP contribution in [-0.2, 0) is 21.7 Å². The third kappa shape index (κ3) is 19.6. The van der Waals surface area contributed by atoms with Crippen LogP contribution in [0.4, 0.5) is 11.4 Å². The lowest BCUT2D eigenvalue weighted by Crippen LogP contribution is -2.14. The number of benzene rings is 7. The highest BCUT2D eigenvalue weighted by Gasteiger charge is 2.19. The van der Waals surface area contributed by atoms with E-state index in [-0.39, 0.29) is 21.7 Å². The quantitative estimate of drug-likeness (QED) is 0.0865. The van der Waals surface area contributed by atoms with Crippen LogP contribution in [0.25, 0.3) is 0 Å². The molecule has 0 spiro atoms. The Bertz CT molecular complexity index is 4640. The molecule has 0 N–H and O–H groups in total. The fourth-order valence-electron chi connectivity index (χ4n) is 9.45. The van der Waals surface area contributed by atoms with E-state index in [1.54, 1.807) is 0 Å². The van der Waals surface area contributed by atoms with Gasteiger partial charge in [0.15, 0.2) is 0 Å². The molecule has 0 saturated heterocycles. The molecule has 470 valence electrons. The first kappa shape index (κ1) is 71.5. The smallest absolute Gasteiger partial charge is 0.0887 e. The molecule has 0 heterocycles. The molecule has 0 aromatic heterocycles. The molecule has 7 rings (SSSR count). The van der Waals surface area contributed by atoms with Crippen molar-refractivity contribution in [2.75, 3.05) is 26.2 Å². The first-order chi connectivity index (χ1) is 45.7. The van der Waals surface area contributed by atoms with Crippen LogP contribution >= 0.6 is 0 Å². The molecule has 0 bridgehead atoms. The van der Waals surface area contributed by atoms with Crippen LogP contribution < -0.4 is 0 Å². The van der Waals surface area contributed by atoms with Crippen molar-refractivity contribution in [1.82, 2.24) is 10.0 Å². The predicted octanol–water partition coefficient (Wildman–Crippen LogP) is 17.9. The Kier molecular flexibility index (Phi) is 23.9. The lowest BCUT2D eigenvalue weighted by Gasteiger charge is -2.19. The van der Waals surface area contributed by atoms with Gasteiger partial charge in [0.25, 0.3) is 0 Å². The number of hydrogen-bond donors (Lipinski definition) is 0. The van der Waals surface area contributed by atoms with Gasteiger partial charge in [-0.2, -0.15) is 0 Å². The lowest BCUT2D eigenvalue weighted by molar-refractivity contribution is 0.300. The van der Waals surface area contributed by atoms with Gasteiger partial charge in [-0.1, -0.05) is 213 Å². The van der Waals surface area contributed by atoms with Crippen LogP contribution in [0.15, 0.2) is 142 Å². The first-order valence-corrected chi connectivity index (χ1v) is 32.1. The van der Waals surface area contributed by atoms with Crippen LogP contribution in [0.2, 0.25) is 0 Å². The highest BCUT2D eigenvalue weighted by atomic mass is 15.5. The van der Waals surface area contributed by atoms with Gasteiger partial charge in [-0.05, 0) is 192 Å². The molecule has 6 nitrogen and oxygen atoms in total. The van der Waals surface area contributed by atoms with Crippen LogP contribution in [0.3, 0.4) is 0 Å². The van der Waals surface area contributed by atoms with Crippen molar-refractivity contribution in [2.45, 2.75) is 132 Å². The first-order valence-electron chi connectivity index (χ1n) is 32.1. The molecule has 0 unspecified atom stereocenters. The average molecular weight is 1250 g/mol. The highest BCUT2D eigenvalue weighted by Crippen LogP contribution is 2.30. The Morgan fingerprint density at radius 2 is 0.469 bits per heavy atom. The normalized spacial score (nSPS) is 10.7. The summed E-state index contributed by atoms with van der Waals surface area (Å²) in [5.74, 6) is 64.1. The number of hydrogen-bond acceptors (Lipinski definition) is 4. The summed E-state index contributed by atoms with van der Waals surface area (Å²) in [6.07, 6.45) is 24.5. The Morgan fingerprint density at radius 3 is 0.708 bits per heavy atom. The highest BCUT2D eigenvalue weighted by molar-refractivity contribution is 5.68. The van der Waals surface area contributed by atoms with Crippen LogP contribution in [0.5, 0.6) is 0 Å². The Labute approximate surface area is 574 Å². The summed E-state index contributed by atoms with van der Waals surface area (Å²) >= 11 is 0. The van der Waals surface area contributed by atoms with Crippen molar-refractivity contribution >= 4 is 11.4 Å². The minimum Gasteiger partial charge on any atom is -0.279 e. The maximum Gasteiger partial charge on any atom is 0.0887 e. The molecule has 7 aromatic rings. The topological polar surface area (TPSA) is 55.9 Å². The fraction of sp³-hybridized carbons (Fsp3) is 0.267. The summed E-state index contributed by atoms with van der Waals surface area (Å²) in [7, 11) is 0. The third-order valence-electron chi connectivity index (χ3n) is 15.6. The van der Waals surface area contributed by atoms with Gasteiger partial charge in [-0.25, -0.2) is 0 Å². The zero-order valence-corrected chi connectivity index (χ0v) is 58.4. The van der Waals surface area contributed by atoms with E-state index in [9.17, 15) is 0 Å². The predicted molar refractivity (Wildman–Crippen MR) is 398 cm³/mol. The van der Waals surface area contributed by atoms with E-state index in [0.29, 0.717) is 115 Å². The van der Waals surface area contributed by atoms with E-state index in [1.807, 2.05) is 135 Å². The van der Waals surface area contributed by atoms with Crippen LogP contribution in [0, 0.1) is 144 Å². The molecule has 0 radical (unpaired) electrons. The van der Waals surface area contributed by atoms with E-state index in [4.69, 9.17) is 25.7 Å². The van der Waals surface area contributed by atoms with Gasteiger partial charge in [-0.15, -0.1) is 35.9 Å². The van der Waals surface area contributed by atoms with Gasteiger partial charge in [-0.3, -0.25) is 10.0 Å². The van der Waals surface area contributed by atoms with Gasteiger partial charge in [0, 0.05) is 115 Å². The molecule has 0 saturated carbocycles. The molecule has 0 amide bonds. The average Bonchev–Trinajstić information content (AvgIpc) is 0.842. The van der Waals surface area contributed by atoms with Crippen molar-refractivity contribution < 1.29 is 0 Å². The molecular formula is C90H80N6. The van der Waals surface area contributed by atoms with Crippen LogP contribution in [0.1, 0.15) is 222 Å². The van der Waals surface area contributed by atoms with Gasteiger partial charge >= 0.3 is 0 Å². The number of terminal acetylenes is 4. The van der Waals surface area contributed by atoms with Crippen molar-refractivity contribution in [3.05, 3.63) is 233 Å². The lowest BCUT2D eigenvalue weighted by atomic mass is 9.85. The summed E-state index contributed by atoms with van der Waals surface area (Å²) < 4.78 is 0. The summed E-state index contributed by atoms with van der Waals surface area (Å²) in [5.41, 5.74) is 15.4. The SMILES string of the molecule is C#Cc1cc(C(C)(C)C)ccc1C#Cc1cc(N=NN(CC)CC)ccc1C#CC#Cc1cc(C#Cc2ccc(C(C)(C)C)cc2C#C)c(C#CC#Cc2ccc(N=NN(CC)CC)cc2C#Cc2ccc(C(C)(C)C)cc2C#C)cc1C#Cc1ccc(C(C)(C)C)cc1C#C. The standard InChI is InChI=1S/C90H80N6/c1-21-65-59-81(87(9,10)11)51-45-71(65)37-41-77-57-76(36-32-30-34-70-50-56-86(92-94-96(27-7)28-8)64-80(70)44-40-74-48-54-84(90(18,19)20)62-68(74)24-4)78(42-38-72-46-52-82(88(12,13)14)60-66(72)22-2)58-75(77)35-31-29-33-69-49-55-85(91-93-95(25-5)26-6)63-79(69)43-39-73-47-53-83(89(15,16)17)61-67(73)23-3/h1-4,45-64H,25-28H2,5-20H3. The second-order valence-electron chi connectivity index (χ2n) is 26.7. The minimum absolute atomic E-state index is 0.0956. The molecule has 6 heteroatoms. The molecule has 96 heavy (non-hydrogen) atoms. The van der Waals surface area contributed by atoms with Gasteiger partial charge < -0.3 is 0 Å². The third-order valence-corrected chi connectivity index (χ3v) is 15.6. The number of rotatable bonds is 8. The monoisotopic (exact) mass is 1240 g/mol. The second-order valence-corrected chi connectivity index (χ2v) is 26.7. The van der Waals surface area contributed by atoms with Crippen molar-refractivity contribution in [3.8, 4) is 144 Å². The Balaban J connectivity index is 1.45. The number of nitrogens with zero attached hydrogens (tertiary/aromatic N) is 6. The maximum atomic E-state index is 6.17. The molecule has 0 aliphatic carbocycles.